The number of hydrogen-bond donors (Lipinski definition) is 2. The van der Waals surface area contributed by atoms with Crippen LogP contribution in [0.3, 0.4) is 0 Å². The average molecular weight is 253 g/mol. The fourth-order valence-corrected chi connectivity index (χ4v) is 2.08. The fraction of sp³-hybridized carbons (Fsp3) is 0.462. The van der Waals surface area contributed by atoms with E-state index in [0.29, 0.717) is 18.2 Å². The molecule has 1 aromatic rings. The highest BCUT2D eigenvalue weighted by Gasteiger charge is 2.22. The lowest BCUT2D eigenvalue weighted by molar-refractivity contribution is 0.0696. The lowest BCUT2D eigenvalue weighted by atomic mass is 10.0. The molecule has 1 aromatic carbocycles. The quantitative estimate of drug-likeness (QED) is 0.864. The first kappa shape index (κ1) is 12.8. The van der Waals surface area contributed by atoms with Crippen LogP contribution in [0.2, 0.25) is 0 Å². The van der Waals surface area contributed by atoms with Gasteiger partial charge in [0.05, 0.1) is 17.9 Å². The van der Waals surface area contributed by atoms with E-state index in [1.165, 1.54) is 12.1 Å². The summed E-state index contributed by atoms with van der Waals surface area (Å²) >= 11 is 0. The number of benzene rings is 1. The van der Waals surface area contributed by atoms with Gasteiger partial charge in [-0.05, 0) is 31.5 Å². The zero-order valence-corrected chi connectivity index (χ0v) is 10.1. The summed E-state index contributed by atoms with van der Waals surface area (Å²) in [5, 5.41) is 11.8. The van der Waals surface area contributed by atoms with Crippen LogP contribution in [0.5, 0.6) is 0 Å². The average Bonchev–Trinajstić information content (AvgIpc) is 2.85. The van der Waals surface area contributed by atoms with Crippen molar-refractivity contribution < 1.29 is 19.0 Å². The van der Waals surface area contributed by atoms with Gasteiger partial charge in [-0.2, -0.15) is 0 Å². The normalized spacial score (nSPS) is 20.7. The van der Waals surface area contributed by atoms with Crippen molar-refractivity contribution in [1.29, 1.82) is 0 Å². The number of hydrogen-bond acceptors (Lipinski definition) is 3. The molecule has 1 heterocycles. The Labute approximate surface area is 105 Å². The maximum Gasteiger partial charge on any atom is 0.335 e. The standard InChI is InChI=1S/C13H16FNO3/c1-8(10-4-5-18-7-10)15-12-3-2-9(13(16)17)6-11(12)14/h2-3,6,8,10,15H,4-5,7H2,1H3,(H,16,17). The predicted molar refractivity (Wildman–Crippen MR) is 65.4 cm³/mol. The van der Waals surface area contributed by atoms with Gasteiger partial charge in [0.25, 0.3) is 0 Å². The molecule has 5 heteroatoms. The minimum atomic E-state index is -1.13. The maximum absolute atomic E-state index is 13.7. The maximum atomic E-state index is 13.7. The second kappa shape index (κ2) is 5.35. The minimum Gasteiger partial charge on any atom is -0.478 e. The molecule has 2 unspecified atom stereocenters. The molecule has 0 radical (unpaired) electrons. The molecule has 1 saturated heterocycles. The summed E-state index contributed by atoms with van der Waals surface area (Å²) in [6, 6.07) is 3.98. The number of carboxylic acids is 1. The van der Waals surface area contributed by atoms with Crippen molar-refractivity contribution in [1.82, 2.24) is 0 Å². The van der Waals surface area contributed by atoms with Crippen LogP contribution in [0, 0.1) is 11.7 Å². The van der Waals surface area contributed by atoms with Gasteiger partial charge in [-0.1, -0.05) is 0 Å². The van der Waals surface area contributed by atoms with E-state index in [4.69, 9.17) is 9.84 Å². The Hall–Kier alpha value is -1.62. The summed E-state index contributed by atoms with van der Waals surface area (Å²) in [5.41, 5.74) is 0.286. The summed E-state index contributed by atoms with van der Waals surface area (Å²) in [6.45, 7) is 3.41. The second-order valence-corrected chi connectivity index (χ2v) is 4.56. The van der Waals surface area contributed by atoms with E-state index in [0.717, 1.165) is 19.1 Å². The highest BCUT2D eigenvalue weighted by molar-refractivity contribution is 5.88. The van der Waals surface area contributed by atoms with Crippen molar-refractivity contribution in [3.63, 3.8) is 0 Å². The number of carbonyl (C=O) groups is 1. The van der Waals surface area contributed by atoms with Crippen molar-refractivity contribution >= 4 is 11.7 Å². The predicted octanol–water partition coefficient (Wildman–Crippen LogP) is 2.36. The fourth-order valence-electron chi connectivity index (χ4n) is 2.08. The molecule has 2 N–H and O–H groups in total. The molecule has 0 aromatic heterocycles. The first-order valence-electron chi connectivity index (χ1n) is 5.95. The van der Waals surface area contributed by atoms with E-state index in [-0.39, 0.29) is 11.6 Å². The van der Waals surface area contributed by atoms with Crippen LogP contribution in [0.15, 0.2) is 18.2 Å². The highest BCUT2D eigenvalue weighted by atomic mass is 19.1. The summed E-state index contributed by atoms with van der Waals surface area (Å²) in [6.07, 6.45) is 0.961. The van der Waals surface area contributed by atoms with Gasteiger partial charge in [-0.3, -0.25) is 0 Å². The summed E-state index contributed by atoms with van der Waals surface area (Å²) < 4.78 is 19.0. The van der Waals surface area contributed by atoms with E-state index in [1.807, 2.05) is 6.92 Å². The van der Waals surface area contributed by atoms with Gasteiger partial charge in [0, 0.05) is 18.6 Å². The third-order valence-corrected chi connectivity index (χ3v) is 3.27. The van der Waals surface area contributed by atoms with Crippen molar-refractivity contribution in [3.05, 3.63) is 29.6 Å². The molecule has 1 fully saturated rings. The number of ether oxygens (including phenoxy) is 1. The topological polar surface area (TPSA) is 58.6 Å². The van der Waals surface area contributed by atoms with Gasteiger partial charge in [0.1, 0.15) is 5.82 Å². The SMILES string of the molecule is CC(Nc1ccc(C(=O)O)cc1F)C1CCOC1. The number of aromatic carboxylic acids is 1. The largest absolute Gasteiger partial charge is 0.478 e. The lowest BCUT2D eigenvalue weighted by Gasteiger charge is -2.20. The molecule has 0 aliphatic carbocycles. The minimum absolute atomic E-state index is 0.0464. The van der Waals surface area contributed by atoms with Crippen LogP contribution in [0.25, 0.3) is 0 Å². The van der Waals surface area contributed by atoms with E-state index in [1.54, 1.807) is 0 Å². The molecule has 0 spiro atoms. The third kappa shape index (κ3) is 2.79. The van der Waals surface area contributed by atoms with E-state index in [9.17, 15) is 9.18 Å². The van der Waals surface area contributed by atoms with Crippen molar-refractivity contribution in [3.8, 4) is 0 Å². The molecule has 98 valence electrons. The number of rotatable bonds is 4. The van der Waals surface area contributed by atoms with Crippen LogP contribution in [0.4, 0.5) is 10.1 Å². The molecule has 2 rings (SSSR count). The van der Waals surface area contributed by atoms with Gasteiger partial charge in [0.15, 0.2) is 0 Å². The van der Waals surface area contributed by atoms with Crippen LogP contribution < -0.4 is 5.32 Å². The van der Waals surface area contributed by atoms with Gasteiger partial charge >= 0.3 is 5.97 Å². The third-order valence-electron chi connectivity index (χ3n) is 3.27. The van der Waals surface area contributed by atoms with Crippen molar-refractivity contribution in [2.45, 2.75) is 19.4 Å². The van der Waals surface area contributed by atoms with Crippen LogP contribution >= 0.6 is 0 Å². The van der Waals surface area contributed by atoms with E-state index in [2.05, 4.69) is 5.32 Å². The number of anilines is 1. The molecular weight excluding hydrogens is 237 g/mol. The number of carboxylic acid groups (broad SMARTS) is 1. The lowest BCUT2D eigenvalue weighted by Crippen LogP contribution is -2.26. The molecule has 1 aliphatic rings. The molecule has 18 heavy (non-hydrogen) atoms. The Morgan fingerprint density at radius 1 is 1.61 bits per heavy atom. The first-order valence-corrected chi connectivity index (χ1v) is 5.95. The molecule has 2 atom stereocenters. The molecule has 0 amide bonds. The summed E-state index contributed by atoms with van der Waals surface area (Å²) in [5.74, 6) is -1.30. The van der Waals surface area contributed by atoms with Crippen LogP contribution in [-0.2, 0) is 4.74 Å². The van der Waals surface area contributed by atoms with E-state index < -0.39 is 11.8 Å². The molecule has 4 nitrogen and oxygen atoms in total. The van der Waals surface area contributed by atoms with Crippen LogP contribution in [-0.4, -0.2) is 30.3 Å². The molecule has 0 saturated carbocycles. The van der Waals surface area contributed by atoms with Crippen molar-refractivity contribution in [2.75, 3.05) is 18.5 Å². The Balaban J connectivity index is 2.06. The second-order valence-electron chi connectivity index (χ2n) is 4.56. The zero-order chi connectivity index (χ0) is 13.1. The molecular formula is C13H16FNO3. The van der Waals surface area contributed by atoms with Crippen LogP contribution in [0.1, 0.15) is 23.7 Å². The smallest absolute Gasteiger partial charge is 0.335 e. The number of halogens is 1. The van der Waals surface area contributed by atoms with Crippen molar-refractivity contribution in [2.24, 2.45) is 5.92 Å². The summed E-state index contributed by atoms with van der Waals surface area (Å²) in [7, 11) is 0. The Morgan fingerprint density at radius 3 is 2.94 bits per heavy atom. The Morgan fingerprint density at radius 2 is 2.39 bits per heavy atom. The monoisotopic (exact) mass is 253 g/mol. The molecule has 1 aliphatic heterocycles. The first-order chi connectivity index (χ1) is 8.58. The number of nitrogens with one attached hydrogen (secondary N) is 1. The van der Waals surface area contributed by atoms with E-state index >= 15 is 0 Å². The Kier molecular flexibility index (Phi) is 3.81. The molecule has 0 bridgehead atoms. The van der Waals surface area contributed by atoms with Gasteiger partial charge < -0.3 is 15.2 Å². The Bertz CT molecular complexity index is 444. The van der Waals surface area contributed by atoms with Gasteiger partial charge in [-0.15, -0.1) is 0 Å². The zero-order valence-electron chi connectivity index (χ0n) is 10.1. The van der Waals surface area contributed by atoms with Gasteiger partial charge in [0.2, 0.25) is 0 Å². The summed E-state index contributed by atoms with van der Waals surface area (Å²) in [4.78, 5) is 10.7. The highest BCUT2D eigenvalue weighted by Crippen LogP contribution is 2.22. The van der Waals surface area contributed by atoms with Gasteiger partial charge in [-0.25, -0.2) is 9.18 Å².